The fraction of sp³-hybridized carbons (Fsp3) is 0.913. The van der Waals surface area contributed by atoms with Crippen molar-refractivity contribution in [3.05, 3.63) is 24.3 Å². The van der Waals surface area contributed by atoms with Crippen molar-refractivity contribution < 1.29 is 122 Å². The van der Waals surface area contributed by atoms with Gasteiger partial charge in [-0.2, -0.15) is 0 Å². The molecule has 0 aromatic rings. The van der Waals surface area contributed by atoms with Gasteiger partial charge in [-0.25, -0.2) is 4.57 Å². The van der Waals surface area contributed by atoms with E-state index in [1.807, 2.05) is 0 Å². The van der Waals surface area contributed by atoms with Gasteiger partial charge in [0.15, 0.2) is 24.8 Å². The number of aliphatic hydroxyl groups excluding tert-OH is 9. The van der Waals surface area contributed by atoms with Crippen LogP contribution >= 0.6 is 7.82 Å². The van der Waals surface area contributed by atoms with Gasteiger partial charge in [0.25, 0.3) is 0 Å². The number of hydrogen-bond acceptors (Lipinski definition) is 24. The third-order valence-corrected chi connectivity index (χ3v) is 24.2. The lowest BCUT2D eigenvalue weighted by Crippen LogP contribution is -2.70. The summed E-state index contributed by atoms with van der Waals surface area (Å²) in [6.07, 6.45) is 31.6. The molecule has 1 saturated carbocycles. The second-order valence-electron chi connectivity index (χ2n) is 33.9. The maximum atomic E-state index is 14.9. The zero-order valence-corrected chi connectivity index (χ0v) is 74.6. The highest BCUT2D eigenvalue weighted by Crippen LogP contribution is 2.49. The molecule has 3 fully saturated rings. The summed E-state index contributed by atoms with van der Waals surface area (Å²) in [5, 5.41) is 102. The Bertz CT molecular complexity index is 2550. The van der Waals surface area contributed by atoms with Crippen LogP contribution in [0, 0.1) is 0 Å². The van der Waals surface area contributed by atoms with Crippen molar-refractivity contribution in [3.8, 4) is 0 Å². The molecule has 0 aromatic heterocycles. The van der Waals surface area contributed by atoms with E-state index in [4.69, 9.17) is 46.9 Å². The smallest absolute Gasteiger partial charge is 0.463 e. The molecule has 0 amide bonds. The molecule has 10 N–H and O–H groups in total. The van der Waals surface area contributed by atoms with Gasteiger partial charge in [0.2, 0.25) is 0 Å². The van der Waals surface area contributed by atoms with Crippen molar-refractivity contribution in [2.45, 2.75) is 511 Å². The lowest BCUT2D eigenvalue weighted by molar-refractivity contribution is -0.360. The first kappa shape index (κ1) is 109. The Hall–Kier alpha value is -3.05. The number of rotatable bonds is 77. The lowest BCUT2D eigenvalue weighted by Gasteiger charge is -2.50. The third-order valence-electron chi connectivity index (χ3n) is 23.2. The molecule has 18 atom stereocenters. The minimum absolute atomic E-state index is 0.0167. The van der Waals surface area contributed by atoms with Crippen molar-refractivity contribution in [1.82, 2.24) is 0 Å². The second kappa shape index (κ2) is 71.1. The Morgan fingerprint density at radius 3 is 1.03 bits per heavy atom. The molecule has 2 aliphatic heterocycles. The molecule has 25 nitrogen and oxygen atoms in total. The molecule has 2 saturated heterocycles. The van der Waals surface area contributed by atoms with E-state index in [1.165, 1.54) is 180 Å². The highest BCUT2D eigenvalue weighted by molar-refractivity contribution is 7.47. The Morgan fingerprint density at radius 2 is 0.636 bits per heavy atom. The average Bonchev–Trinajstić information content (AvgIpc) is 0.755. The molecule has 2 heterocycles. The van der Waals surface area contributed by atoms with E-state index in [9.17, 15) is 74.6 Å². The van der Waals surface area contributed by atoms with Crippen LogP contribution in [0.15, 0.2) is 24.3 Å². The lowest BCUT2D eigenvalue weighted by atomic mass is 9.84. The highest BCUT2D eigenvalue weighted by Gasteiger charge is 2.60. The second-order valence-corrected chi connectivity index (χ2v) is 35.3. The zero-order chi connectivity index (χ0) is 86.1. The van der Waals surface area contributed by atoms with Crippen molar-refractivity contribution in [1.29, 1.82) is 0 Å². The van der Waals surface area contributed by atoms with Crippen LogP contribution in [0.4, 0.5) is 0 Å². The van der Waals surface area contributed by atoms with E-state index >= 15 is 0 Å². The Balaban J connectivity index is 1.91. The molecule has 3 rings (SSSR count). The molecule has 0 bridgehead atoms. The first-order valence-corrected chi connectivity index (χ1v) is 49.1. The fourth-order valence-electron chi connectivity index (χ4n) is 15.6. The van der Waals surface area contributed by atoms with Crippen LogP contribution in [0.1, 0.15) is 407 Å². The number of phosphoric acid groups is 1. The first-order valence-electron chi connectivity index (χ1n) is 47.6. The maximum Gasteiger partial charge on any atom is 0.472 e. The fourth-order valence-corrected chi connectivity index (χ4v) is 16.6. The van der Waals surface area contributed by atoms with Gasteiger partial charge in [-0.1, -0.05) is 328 Å². The van der Waals surface area contributed by atoms with Crippen molar-refractivity contribution >= 4 is 31.7 Å². The number of hydrogen-bond donors (Lipinski definition) is 10. The Kier molecular flexibility index (Phi) is 65.8. The van der Waals surface area contributed by atoms with Gasteiger partial charge in [-0.15, -0.1) is 0 Å². The Morgan fingerprint density at radius 1 is 0.331 bits per heavy atom. The van der Waals surface area contributed by atoms with Gasteiger partial charge >= 0.3 is 31.7 Å². The molecule has 3 aliphatic rings. The SMILES string of the molecule is CCCCCC/C=C\CCCCCCCCCC(=O)OC1C(O)C(O)C(OC2OC(CO)C(O)C(O)C2O)C(OP(=O)(O)OCC(COC(=O)CCCCCCCCCCCCCCCCC)OC(=O)CCCCC/C=C\CCCCCCCC)C1OC1OC(COC(=O)CCCCCCCCCCCCCCCCCC)C(O)C(O)C1O. The molecule has 692 valence electrons. The summed E-state index contributed by atoms with van der Waals surface area (Å²) in [7, 11) is -5.81. The van der Waals surface area contributed by atoms with Gasteiger partial charge < -0.3 is 88.7 Å². The van der Waals surface area contributed by atoms with E-state index < -0.39 is 162 Å². The van der Waals surface area contributed by atoms with E-state index in [1.54, 1.807) is 0 Å². The predicted molar refractivity (Wildman–Crippen MR) is 458 cm³/mol. The molecular weight excluding hydrogens is 1540 g/mol. The van der Waals surface area contributed by atoms with Gasteiger partial charge in [0.05, 0.1) is 13.2 Å². The molecule has 118 heavy (non-hydrogen) atoms. The summed E-state index contributed by atoms with van der Waals surface area (Å²) in [6, 6.07) is 0. The summed E-state index contributed by atoms with van der Waals surface area (Å²) in [5.41, 5.74) is 0. The van der Waals surface area contributed by atoms with Crippen LogP contribution in [0.3, 0.4) is 0 Å². The quantitative estimate of drug-likeness (QED) is 0.00889. The minimum Gasteiger partial charge on any atom is -0.463 e. The molecule has 0 aromatic carbocycles. The van der Waals surface area contributed by atoms with Crippen molar-refractivity contribution in [2.75, 3.05) is 26.4 Å². The van der Waals surface area contributed by atoms with Crippen LogP contribution in [0.25, 0.3) is 0 Å². The molecular formula is C92H169O25P. The molecule has 26 heteroatoms. The third kappa shape index (κ3) is 50.8. The first-order chi connectivity index (χ1) is 57.2. The maximum absolute atomic E-state index is 14.9. The van der Waals surface area contributed by atoms with Crippen LogP contribution in [0.2, 0.25) is 0 Å². The van der Waals surface area contributed by atoms with Gasteiger partial charge in [-0.3, -0.25) is 28.2 Å². The highest BCUT2D eigenvalue weighted by atomic mass is 31.2. The molecule has 0 radical (unpaired) electrons. The van der Waals surface area contributed by atoms with E-state index in [2.05, 4.69) is 52.0 Å². The molecule has 1 aliphatic carbocycles. The average molecular weight is 1710 g/mol. The zero-order valence-electron chi connectivity index (χ0n) is 73.7. The van der Waals surface area contributed by atoms with Crippen molar-refractivity contribution in [3.63, 3.8) is 0 Å². The summed E-state index contributed by atoms with van der Waals surface area (Å²) >= 11 is 0. The number of carbonyl (C=O) groups excluding carboxylic acids is 4. The topological polar surface area (TPSA) is 380 Å². The summed E-state index contributed by atoms with van der Waals surface area (Å²) in [6.45, 7) is 5.58. The summed E-state index contributed by atoms with van der Waals surface area (Å²) in [5.74, 6) is -2.98. The van der Waals surface area contributed by atoms with Gasteiger partial charge in [0, 0.05) is 25.7 Å². The minimum atomic E-state index is -5.81. The monoisotopic (exact) mass is 1710 g/mol. The Labute approximate surface area is 711 Å². The van der Waals surface area contributed by atoms with E-state index in [-0.39, 0.29) is 25.7 Å². The van der Waals surface area contributed by atoms with Crippen LogP contribution in [0.5, 0.6) is 0 Å². The summed E-state index contributed by atoms with van der Waals surface area (Å²) in [4.78, 5) is 66.5. The predicted octanol–water partition coefficient (Wildman–Crippen LogP) is 17.7. The standard InChI is InChI=1S/C92H169O25P/c1-5-9-13-17-21-25-29-33-36-39-42-45-49-53-57-61-65-76(95)109-71-74-80(99)82(101)86(105)92(113-74)116-89-87(114-78(97)67-63-59-55-51-47-43-38-35-31-27-23-19-15-11-7-3)83(102)84(103)88(115-91-85(104)81(100)79(98)73(68-93)112-91)90(89)117-118(106,107)110-70-72(111-77(96)66-62-58-54-50-46-40-32-28-24-20-16-12-8-4)69-108-75(94)64-60-56-52-48-44-41-37-34-30-26-22-18-14-10-6-2/h27,31,40,46,72-74,79-93,98-105H,5-26,28-30,32-39,41-45,47-71H2,1-4H3,(H,106,107)/b31-27-,46-40-. The summed E-state index contributed by atoms with van der Waals surface area (Å²) < 4.78 is 73.4. The number of carbonyl (C=O) groups is 4. The van der Waals surface area contributed by atoms with Gasteiger partial charge in [-0.05, 0) is 77.0 Å². The largest absolute Gasteiger partial charge is 0.472 e. The van der Waals surface area contributed by atoms with Gasteiger partial charge in [0.1, 0.15) is 92.6 Å². The molecule has 18 unspecified atom stereocenters. The van der Waals surface area contributed by atoms with Crippen LogP contribution in [-0.4, -0.2) is 205 Å². The number of unbranched alkanes of at least 4 members (excludes halogenated alkanes) is 49. The number of aliphatic hydroxyl groups is 9. The number of allylic oxidation sites excluding steroid dienone is 4. The molecule has 0 spiro atoms. The normalized spacial score (nSPS) is 25.0. The van der Waals surface area contributed by atoms with Crippen LogP contribution in [-0.2, 0) is 70.7 Å². The number of phosphoric ester groups is 1. The van der Waals surface area contributed by atoms with Crippen molar-refractivity contribution in [2.24, 2.45) is 0 Å². The number of ether oxygens (including phenoxy) is 8. The van der Waals surface area contributed by atoms with E-state index in [0.717, 1.165) is 135 Å². The number of esters is 4. The van der Waals surface area contributed by atoms with E-state index in [0.29, 0.717) is 38.5 Å². The van der Waals surface area contributed by atoms with Crippen LogP contribution < -0.4 is 0 Å².